The summed E-state index contributed by atoms with van der Waals surface area (Å²) in [6.07, 6.45) is 6.47. The summed E-state index contributed by atoms with van der Waals surface area (Å²) >= 11 is 0. The summed E-state index contributed by atoms with van der Waals surface area (Å²) in [6.45, 7) is 0. The van der Waals surface area contributed by atoms with Crippen molar-refractivity contribution in [3.05, 3.63) is 12.2 Å². The molecule has 46 valence electrons. The lowest BCUT2D eigenvalue weighted by atomic mass is 10.3. The number of allylic oxidation sites excluding steroid dienone is 2. The summed E-state index contributed by atoms with van der Waals surface area (Å²) in [6, 6.07) is 0. The fraction of sp³-hybridized carbons (Fsp3) is 0.500. The Bertz CT molecular complexity index is 106. The normalized spacial score (nSPS) is 15.9. The van der Waals surface area contributed by atoms with Crippen molar-refractivity contribution < 1.29 is 0 Å². The standard InChI is InChI=1S/C6H9N.ClH/c1-7-6-4-2-3-5-6;/h2-3H,4-5H2,1H3;1H. The summed E-state index contributed by atoms with van der Waals surface area (Å²) in [5.74, 6) is 0. The van der Waals surface area contributed by atoms with Crippen LogP contribution >= 0.6 is 12.4 Å². The molecule has 1 aliphatic carbocycles. The zero-order valence-electron chi connectivity index (χ0n) is 4.92. The molecule has 0 heterocycles. The third kappa shape index (κ3) is 1.66. The van der Waals surface area contributed by atoms with Gasteiger partial charge in [0.15, 0.2) is 0 Å². The van der Waals surface area contributed by atoms with Crippen LogP contribution in [0, 0.1) is 0 Å². The maximum Gasteiger partial charge on any atom is 0.0276 e. The van der Waals surface area contributed by atoms with Gasteiger partial charge in [-0.15, -0.1) is 12.4 Å². The molecule has 0 saturated heterocycles. The fourth-order valence-electron chi connectivity index (χ4n) is 0.705. The van der Waals surface area contributed by atoms with Gasteiger partial charge in [0, 0.05) is 25.6 Å². The van der Waals surface area contributed by atoms with E-state index in [9.17, 15) is 0 Å². The number of aliphatic imine (C=N–C) groups is 1. The molecule has 0 aliphatic heterocycles. The molecule has 0 atom stereocenters. The van der Waals surface area contributed by atoms with Crippen LogP contribution in [0.4, 0.5) is 0 Å². The summed E-state index contributed by atoms with van der Waals surface area (Å²) in [5, 5.41) is 0. The molecule has 0 radical (unpaired) electrons. The highest BCUT2D eigenvalue weighted by Gasteiger charge is 1.96. The van der Waals surface area contributed by atoms with E-state index in [0.29, 0.717) is 0 Å². The minimum Gasteiger partial charge on any atom is -0.297 e. The van der Waals surface area contributed by atoms with E-state index < -0.39 is 0 Å². The van der Waals surface area contributed by atoms with Crippen LogP contribution in [-0.4, -0.2) is 12.8 Å². The van der Waals surface area contributed by atoms with E-state index in [1.807, 2.05) is 7.05 Å². The van der Waals surface area contributed by atoms with Crippen LogP contribution < -0.4 is 0 Å². The van der Waals surface area contributed by atoms with Crippen LogP contribution in [0.25, 0.3) is 0 Å². The number of rotatable bonds is 0. The van der Waals surface area contributed by atoms with Gasteiger partial charge >= 0.3 is 0 Å². The van der Waals surface area contributed by atoms with Gasteiger partial charge in [0.05, 0.1) is 0 Å². The van der Waals surface area contributed by atoms with Crippen LogP contribution in [0.2, 0.25) is 0 Å². The van der Waals surface area contributed by atoms with E-state index in [2.05, 4.69) is 17.1 Å². The highest BCUT2D eigenvalue weighted by Crippen LogP contribution is 2.03. The van der Waals surface area contributed by atoms with Gasteiger partial charge in [-0.25, -0.2) is 0 Å². The maximum absolute atomic E-state index is 4.04. The van der Waals surface area contributed by atoms with Crippen LogP contribution in [0.3, 0.4) is 0 Å². The Balaban J connectivity index is 0.000000490. The van der Waals surface area contributed by atoms with Crippen molar-refractivity contribution in [2.75, 3.05) is 7.05 Å². The quantitative estimate of drug-likeness (QED) is 0.445. The van der Waals surface area contributed by atoms with Crippen LogP contribution in [-0.2, 0) is 0 Å². The van der Waals surface area contributed by atoms with Gasteiger partial charge in [-0.1, -0.05) is 12.2 Å². The third-order valence-electron chi connectivity index (χ3n) is 1.19. The summed E-state index contributed by atoms with van der Waals surface area (Å²) in [7, 11) is 1.85. The predicted molar refractivity (Wildman–Crippen MR) is 39.0 cm³/mol. The zero-order chi connectivity index (χ0) is 5.11. The van der Waals surface area contributed by atoms with E-state index in [4.69, 9.17) is 0 Å². The van der Waals surface area contributed by atoms with E-state index in [-0.39, 0.29) is 12.4 Å². The second-order valence-electron chi connectivity index (χ2n) is 1.67. The van der Waals surface area contributed by atoms with Crippen molar-refractivity contribution in [3.8, 4) is 0 Å². The number of hydrogen-bond donors (Lipinski definition) is 0. The molecule has 2 heteroatoms. The fourth-order valence-corrected chi connectivity index (χ4v) is 0.705. The first-order chi connectivity index (χ1) is 3.43. The van der Waals surface area contributed by atoms with Gasteiger partial charge in [-0.05, 0) is 0 Å². The van der Waals surface area contributed by atoms with E-state index in [1.165, 1.54) is 5.71 Å². The maximum atomic E-state index is 4.04. The van der Waals surface area contributed by atoms with Gasteiger partial charge in [0.2, 0.25) is 0 Å². The van der Waals surface area contributed by atoms with Crippen LogP contribution in [0.15, 0.2) is 17.1 Å². The SMILES string of the molecule is CN=C1CC=CC1.Cl. The van der Waals surface area contributed by atoms with Crippen LogP contribution in [0.5, 0.6) is 0 Å². The highest BCUT2D eigenvalue weighted by molar-refractivity contribution is 5.89. The minimum absolute atomic E-state index is 0. The Kier molecular flexibility index (Phi) is 3.53. The lowest BCUT2D eigenvalue weighted by Gasteiger charge is -1.85. The van der Waals surface area contributed by atoms with Gasteiger partial charge in [-0.3, -0.25) is 4.99 Å². The van der Waals surface area contributed by atoms with E-state index >= 15 is 0 Å². The van der Waals surface area contributed by atoms with Crippen molar-refractivity contribution in [1.82, 2.24) is 0 Å². The molecule has 0 fully saturated rings. The molecule has 0 N–H and O–H groups in total. The number of hydrogen-bond acceptors (Lipinski definition) is 1. The largest absolute Gasteiger partial charge is 0.297 e. The lowest BCUT2D eigenvalue weighted by Crippen LogP contribution is -1.85. The first-order valence-electron chi connectivity index (χ1n) is 2.53. The molecule has 0 aromatic carbocycles. The molecule has 1 aliphatic rings. The predicted octanol–water partition coefficient (Wildman–Crippen LogP) is 1.83. The second-order valence-corrected chi connectivity index (χ2v) is 1.67. The van der Waals surface area contributed by atoms with Crippen molar-refractivity contribution in [3.63, 3.8) is 0 Å². The van der Waals surface area contributed by atoms with Crippen LogP contribution in [0.1, 0.15) is 12.8 Å². The van der Waals surface area contributed by atoms with Gasteiger partial charge in [0.1, 0.15) is 0 Å². The Morgan fingerprint density at radius 2 is 1.88 bits per heavy atom. The zero-order valence-corrected chi connectivity index (χ0v) is 5.74. The Morgan fingerprint density at radius 3 is 2.12 bits per heavy atom. The Labute approximate surface area is 55.9 Å². The topological polar surface area (TPSA) is 12.4 Å². The third-order valence-corrected chi connectivity index (χ3v) is 1.19. The summed E-state index contributed by atoms with van der Waals surface area (Å²) < 4.78 is 0. The molecule has 0 unspecified atom stereocenters. The molecule has 0 saturated carbocycles. The molecule has 8 heavy (non-hydrogen) atoms. The Hall–Kier alpha value is -0.300. The molecule has 1 nitrogen and oxygen atoms in total. The van der Waals surface area contributed by atoms with Gasteiger partial charge < -0.3 is 0 Å². The summed E-state index contributed by atoms with van der Waals surface area (Å²) in [5.41, 5.74) is 1.31. The first kappa shape index (κ1) is 7.70. The molecular formula is C6H10ClN. The van der Waals surface area contributed by atoms with Crippen molar-refractivity contribution >= 4 is 18.1 Å². The van der Waals surface area contributed by atoms with E-state index in [0.717, 1.165) is 12.8 Å². The second kappa shape index (κ2) is 3.67. The molecule has 0 aromatic heterocycles. The van der Waals surface area contributed by atoms with Crippen molar-refractivity contribution in [1.29, 1.82) is 0 Å². The number of nitrogens with zero attached hydrogens (tertiary/aromatic N) is 1. The molecule has 0 bridgehead atoms. The summed E-state index contributed by atoms with van der Waals surface area (Å²) in [4.78, 5) is 4.04. The van der Waals surface area contributed by atoms with Gasteiger partial charge in [0.25, 0.3) is 0 Å². The molecule has 0 spiro atoms. The van der Waals surface area contributed by atoms with Crippen molar-refractivity contribution in [2.24, 2.45) is 4.99 Å². The Morgan fingerprint density at radius 1 is 1.38 bits per heavy atom. The van der Waals surface area contributed by atoms with Gasteiger partial charge in [-0.2, -0.15) is 0 Å². The monoisotopic (exact) mass is 131 g/mol. The van der Waals surface area contributed by atoms with E-state index in [1.54, 1.807) is 0 Å². The molecule has 0 amide bonds. The minimum atomic E-state index is 0. The first-order valence-corrected chi connectivity index (χ1v) is 2.53. The highest BCUT2D eigenvalue weighted by atomic mass is 35.5. The molecule has 0 aromatic rings. The average molecular weight is 132 g/mol. The lowest BCUT2D eigenvalue weighted by molar-refractivity contribution is 1.33. The smallest absolute Gasteiger partial charge is 0.0276 e. The number of halogens is 1. The molecule has 1 rings (SSSR count). The van der Waals surface area contributed by atoms with Crippen molar-refractivity contribution in [2.45, 2.75) is 12.8 Å². The average Bonchev–Trinajstić information content (AvgIpc) is 2.14. The molecular weight excluding hydrogens is 122 g/mol.